The Morgan fingerprint density at radius 3 is 1.92 bits per heavy atom. The molecule has 26 heavy (non-hydrogen) atoms. The van der Waals surface area contributed by atoms with Gasteiger partial charge in [-0.25, -0.2) is 4.79 Å². The Balaban J connectivity index is 0. The molecule has 0 aliphatic heterocycles. The normalized spacial score (nSPS) is 14.6. The Labute approximate surface area is 148 Å². The van der Waals surface area contributed by atoms with Crippen molar-refractivity contribution in [3.05, 3.63) is 0 Å². The largest absolute Gasteiger partial charge is 0.481 e. The lowest BCUT2D eigenvalue weighted by Crippen LogP contribution is -2.49. The van der Waals surface area contributed by atoms with Gasteiger partial charge < -0.3 is 42.3 Å². The Morgan fingerprint density at radius 1 is 1.12 bits per heavy atom. The van der Waals surface area contributed by atoms with Gasteiger partial charge in [0, 0.05) is 6.54 Å². The minimum atomic E-state index is -2.78. The van der Waals surface area contributed by atoms with E-state index in [-0.39, 0.29) is 5.96 Å². The molecule has 13 heteroatoms. The molecule has 0 saturated heterocycles. The second-order valence-corrected chi connectivity index (χ2v) is 5.29. The molecule has 0 aliphatic carbocycles. The van der Waals surface area contributed by atoms with Crippen molar-refractivity contribution in [1.29, 1.82) is 5.41 Å². The van der Waals surface area contributed by atoms with Gasteiger partial charge in [0.1, 0.15) is 6.04 Å². The molecule has 0 aromatic rings. The third-order valence-electron chi connectivity index (χ3n) is 3.20. The van der Waals surface area contributed by atoms with Gasteiger partial charge in [0.05, 0.1) is 12.3 Å². The number of hydrogen-bond acceptors (Lipinski definition) is 7. The van der Waals surface area contributed by atoms with Crippen LogP contribution >= 0.6 is 0 Å². The molecule has 3 unspecified atom stereocenters. The van der Waals surface area contributed by atoms with Crippen LogP contribution < -0.4 is 16.8 Å². The van der Waals surface area contributed by atoms with Crippen molar-refractivity contribution in [3.8, 4) is 0 Å². The summed E-state index contributed by atoms with van der Waals surface area (Å²) in [6.07, 6.45) is -0.182. The smallest absolute Gasteiger partial charge is 0.337 e. The van der Waals surface area contributed by atoms with Crippen LogP contribution in [0.4, 0.5) is 0 Å². The molecule has 0 rings (SSSR count). The average molecular weight is 380 g/mol. The van der Waals surface area contributed by atoms with Gasteiger partial charge in [0.25, 0.3) is 0 Å². The number of rotatable bonds is 10. The number of carboxylic acid groups (broad SMARTS) is 4. The van der Waals surface area contributed by atoms with Crippen LogP contribution in [0.3, 0.4) is 0 Å². The average Bonchev–Trinajstić information content (AvgIpc) is 2.49. The lowest BCUT2D eigenvalue weighted by atomic mass is 9.86. The van der Waals surface area contributed by atoms with Gasteiger partial charge in [-0.05, 0) is 19.8 Å². The maximum Gasteiger partial charge on any atom is 0.337 e. The van der Waals surface area contributed by atoms with E-state index in [2.05, 4.69) is 5.32 Å². The molecular weight excluding hydrogens is 356 g/mol. The minimum Gasteiger partial charge on any atom is -0.481 e. The zero-order valence-electron chi connectivity index (χ0n) is 14.0. The molecule has 0 radical (unpaired) electrons. The second-order valence-electron chi connectivity index (χ2n) is 5.29. The Bertz CT molecular complexity index is 540. The maximum atomic E-state index is 10.5. The third kappa shape index (κ3) is 10.0. The number of carboxylic acids is 4. The summed E-state index contributed by atoms with van der Waals surface area (Å²) in [4.78, 5) is 41.4. The van der Waals surface area contributed by atoms with Crippen LogP contribution in [0.5, 0.6) is 0 Å². The number of guanidine groups is 1. The Hall–Kier alpha value is -2.93. The van der Waals surface area contributed by atoms with Gasteiger partial charge >= 0.3 is 23.9 Å². The number of carbonyl (C=O) groups is 4. The lowest BCUT2D eigenvalue weighted by molar-refractivity contribution is -0.177. The molecule has 0 aliphatic rings. The highest BCUT2D eigenvalue weighted by molar-refractivity contribution is 5.89. The van der Waals surface area contributed by atoms with E-state index in [4.69, 9.17) is 37.3 Å². The second kappa shape index (κ2) is 11.6. The number of aliphatic hydroxyl groups is 1. The number of nitrogens with one attached hydrogen (secondary N) is 2. The monoisotopic (exact) mass is 380 g/mol. The molecule has 0 heterocycles. The first-order valence-corrected chi connectivity index (χ1v) is 7.22. The van der Waals surface area contributed by atoms with Crippen molar-refractivity contribution in [1.82, 2.24) is 5.32 Å². The summed E-state index contributed by atoms with van der Waals surface area (Å²) in [7, 11) is 0. The number of aliphatic carboxylic acids is 4. The highest BCUT2D eigenvalue weighted by atomic mass is 16.4. The molecule has 3 atom stereocenters. The zero-order chi connectivity index (χ0) is 21.1. The van der Waals surface area contributed by atoms with Gasteiger partial charge in [-0.15, -0.1) is 0 Å². The first-order valence-electron chi connectivity index (χ1n) is 7.22. The molecule has 0 saturated carbocycles. The van der Waals surface area contributed by atoms with Crippen LogP contribution in [0.25, 0.3) is 0 Å². The van der Waals surface area contributed by atoms with E-state index in [9.17, 15) is 24.3 Å². The summed E-state index contributed by atoms with van der Waals surface area (Å²) in [5.41, 5.74) is 7.43. The van der Waals surface area contributed by atoms with Gasteiger partial charge in [0.2, 0.25) is 0 Å². The minimum absolute atomic E-state index is 0.112. The summed E-state index contributed by atoms with van der Waals surface area (Å²) in [6.45, 7) is 1.41. The predicted molar refractivity (Wildman–Crippen MR) is 86.4 cm³/mol. The Kier molecular flexibility index (Phi) is 11.3. The highest BCUT2D eigenvalue weighted by Gasteiger charge is 2.47. The summed E-state index contributed by atoms with van der Waals surface area (Å²) in [5, 5.41) is 52.4. The molecule has 0 aromatic heterocycles. The SMILES string of the molecule is CC(C(=O)O)C(O)(CC(=O)O)C(=O)O.N=C(N)NCCCC(N)C(=O)O. The van der Waals surface area contributed by atoms with E-state index >= 15 is 0 Å². The van der Waals surface area contributed by atoms with Crippen molar-refractivity contribution in [2.45, 2.75) is 37.8 Å². The van der Waals surface area contributed by atoms with Crippen LogP contribution in [0, 0.1) is 11.3 Å². The maximum absolute atomic E-state index is 10.5. The first-order chi connectivity index (χ1) is 11.8. The lowest BCUT2D eigenvalue weighted by Gasteiger charge is -2.25. The predicted octanol–water partition coefficient (Wildman–Crippen LogP) is -2.34. The highest BCUT2D eigenvalue weighted by Crippen LogP contribution is 2.22. The first kappa shape index (κ1) is 25.3. The fraction of sp³-hybridized carbons (Fsp3) is 0.615. The van der Waals surface area contributed by atoms with E-state index in [1.165, 1.54) is 0 Å². The van der Waals surface area contributed by atoms with E-state index in [1.807, 2.05) is 0 Å². The quantitative estimate of drug-likeness (QED) is 0.110. The van der Waals surface area contributed by atoms with Crippen molar-refractivity contribution < 1.29 is 44.7 Å². The summed E-state index contributed by atoms with van der Waals surface area (Å²) in [6, 6.07) is -0.821. The van der Waals surface area contributed by atoms with Crippen molar-refractivity contribution in [2.24, 2.45) is 17.4 Å². The summed E-state index contributed by atoms with van der Waals surface area (Å²) in [5.74, 6) is -7.83. The Morgan fingerprint density at radius 2 is 1.62 bits per heavy atom. The number of nitrogens with two attached hydrogens (primary N) is 2. The van der Waals surface area contributed by atoms with Gasteiger partial charge in [-0.3, -0.25) is 19.8 Å². The molecule has 0 spiro atoms. The van der Waals surface area contributed by atoms with Crippen LogP contribution in [0.2, 0.25) is 0 Å². The molecule has 13 nitrogen and oxygen atoms in total. The molecule has 0 amide bonds. The van der Waals surface area contributed by atoms with E-state index < -0.39 is 47.9 Å². The van der Waals surface area contributed by atoms with Crippen LogP contribution in [0.1, 0.15) is 26.2 Å². The molecule has 0 bridgehead atoms. The van der Waals surface area contributed by atoms with E-state index in [0.29, 0.717) is 19.4 Å². The van der Waals surface area contributed by atoms with Gasteiger partial charge in [-0.1, -0.05) is 0 Å². The fourth-order valence-electron chi connectivity index (χ4n) is 1.52. The molecule has 0 fully saturated rings. The summed E-state index contributed by atoms with van der Waals surface area (Å²) < 4.78 is 0. The molecule has 11 N–H and O–H groups in total. The molecule has 0 aromatic carbocycles. The van der Waals surface area contributed by atoms with E-state index in [0.717, 1.165) is 6.92 Å². The van der Waals surface area contributed by atoms with Crippen LogP contribution in [0.15, 0.2) is 0 Å². The topological polar surface area (TPSA) is 257 Å². The van der Waals surface area contributed by atoms with Crippen LogP contribution in [-0.2, 0) is 19.2 Å². The van der Waals surface area contributed by atoms with Crippen LogP contribution in [-0.4, -0.2) is 73.6 Å². The molecular formula is C13H24N4O9. The van der Waals surface area contributed by atoms with E-state index in [1.54, 1.807) is 0 Å². The number of hydrogen-bond donors (Lipinski definition) is 9. The van der Waals surface area contributed by atoms with Crippen molar-refractivity contribution in [2.75, 3.05) is 6.54 Å². The zero-order valence-corrected chi connectivity index (χ0v) is 14.0. The van der Waals surface area contributed by atoms with Crippen molar-refractivity contribution in [3.63, 3.8) is 0 Å². The molecule has 150 valence electrons. The fourth-order valence-corrected chi connectivity index (χ4v) is 1.52. The summed E-state index contributed by atoms with van der Waals surface area (Å²) >= 11 is 0. The third-order valence-corrected chi connectivity index (χ3v) is 3.20. The van der Waals surface area contributed by atoms with Crippen molar-refractivity contribution >= 4 is 29.8 Å². The standard InChI is InChI=1S/C7H10O7.C6H14N4O2/c1-3(5(10)11)7(14,6(12)13)2-4(8)9;7-4(5(11)12)2-1-3-10-6(8)9/h3,14H,2H2,1H3,(H,8,9)(H,10,11)(H,12,13);4H,1-3,7H2,(H,11,12)(H4,8,9,10). The van der Waals surface area contributed by atoms with Gasteiger partial charge in [-0.2, -0.15) is 0 Å². The van der Waals surface area contributed by atoms with Gasteiger partial charge in [0.15, 0.2) is 11.6 Å².